The van der Waals surface area contributed by atoms with E-state index in [4.69, 9.17) is 16.3 Å². The van der Waals surface area contributed by atoms with Crippen molar-refractivity contribution in [2.75, 3.05) is 19.4 Å². The highest BCUT2D eigenvalue weighted by molar-refractivity contribution is 9.11. The number of carbonyl (C=O) groups is 2. The lowest BCUT2D eigenvalue weighted by molar-refractivity contribution is -0.118. The van der Waals surface area contributed by atoms with E-state index in [1.165, 1.54) is 30.0 Å². The van der Waals surface area contributed by atoms with Gasteiger partial charge in [0, 0.05) is 19.9 Å². The Kier molecular flexibility index (Phi) is 8.53. The molecule has 164 valence electrons. The SMILES string of the molecule is COc1ccc(-n2c(CCCNC(C)=O)nnc2SCC(=O)c2ccc(Br)s2)cc1Cl. The number of ether oxygens (including phenoxy) is 1. The molecule has 1 amide bonds. The summed E-state index contributed by atoms with van der Waals surface area (Å²) < 4.78 is 8.05. The summed E-state index contributed by atoms with van der Waals surface area (Å²) in [5.74, 6) is 1.48. The van der Waals surface area contributed by atoms with E-state index in [0.717, 1.165) is 15.3 Å². The number of halogens is 2. The van der Waals surface area contributed by atoms with Crippen LogP contribution in [0.25, 0.3) is 5.69 Å². The Balaban J connectivity index is 1.83. The van der Waals surface area contributed by atoms with Gasteiger partial charge in [-0.05, 0) is 52.7 Å². The molecular weight excluding hydrogens is 524 g/mol. The number of amides is 1. The first kappa shape index (κ1) is 23.8. The molecule has 0 saturated carbocycles. The summed E-state index contributed by atoms with van der Waals surface area (Å²) in [5, 5.41) is 12.5. The largest absolute Gasteiger partial charge is 0.495 e. The van der Waals surface area contributed by atoms with Gasteiger partial charge in [-0.2, -0.15) is 0 Å². The van der Waals surface area contributed by atoms with Gasteiger partial charge < -0.3 is 10.1 Å². The molecule has 1 aromatic carbocycles. The predicted octanol–water partition coefficient (Wildman–Crippen LogP) is 4.80. The van der Waals surface area contributed by atoms with Gasteiger partial charge in [-0.15, -0.1) is 21.5 Å². The van der Waals surface area contributed by atoms with Crippen LogP contribution < -0.4 is 10.1 Å². The summed E-state index contributed by atoms with van der Waals surface area (Å²) in [5.41, 5.74) is 0.777. The molecule has 0 aliphatic carbocycles. The number of aromatic nitrogens is 3. The average molecular weight is 544 g/mol. The molecule has 31 heavy (non-hydrogen) atoms. The van der Waals surface area contributed by atoms with E-state index in [2.05, 4.69) is 31.4 Å². The first-order chi connectivity index (χ1) is 14.9. The van der Waals surface area contributed by atoms with Gasteiger partial charge in [-0.1, -0.05) is 23.4 Å². The Morgan fingerprint density at radius 3 is 2.74 bits per heavy atom. The van der Waals surface area contributed by atoms with Crippen LogP contribution in [0.4, 0.5) is 0 Å². The van der Waals surface area contributed by atoms with Gasteiger partial charge in [0.05, 0.1) is 32.2 Å². The van der Waals surface area contributed by atoms with Crippen molar-refractivity contribution in [1.29, 1.82) is 0 Å². The second-order valence-corrected chi connectivity index (χ2v) is 10.3. The number of methoxy groups -OCH3 is 1. The summed E-state index contributed by atoms with van der Waals surface area (Å²) in [4.78, 5) is 24.3. The van der Waals surface area contributed by atoms with Crippen LogP contribution >= 0.6 is 50.6 Å². The molecule has 0 radical (unpaired) electrons. The van der Waals surface area contributed by atoms with E-state index in [1.807, 2.05) is 16.7 Å². The van der Waals surface area contributed by atoms with Crippen molar-refractivity contribution >= 4 is 62.3 Å². The third kappa shape index (κ3) is 6.31. The molecule has 0 unspecified atom stereocenters. The van der Waals surface area contributed by atoms with Crippen LogP contribution in [0.2, 0.25) is 5.02 Å². The van der Waals surface area contributed by atoms with Crippen LogP contribution in [0.5, 0.6) is 5.75 Å². The number of nitrogens with zero attached hydrogens (tertiary/aromatic N) is 3. The van der Waals surface area contributed by atoms with Crippen LogP contribution in [0.3, 0.4) is 0 Å². The number of ketones is 1. The van der Waals surface area contributed by atoms with Gasteiger partial charge in [0.2, 0.25) is 5.91 Å². The fourth-order valence-corrected chi connectivity index (χ4v) is 5.31. The van der Waals surface area contributed by atoms with Crippen LogP contribution in [-0.4, -0.2) is 45.9 Å². The Morgan fingerprint density at radius 2 is 2.10 bits per heavy atom. The summed E-state index contributed by atoms with van der Waals surface area (Å²) in [6.07, 6.45) is 1.30. The van der Waals surface area contributed by atoms with Gasteiger partial charge in [0.15, 0.2) is 10.9 Å². The number of hydrogen-bond acceptors (Lipinski definition) is 7. The number of nitrogens with one attached hydrogen (secondary N) is 1. The quantitative estimate of drug-likeness (QED) is 0.225. The predicted molar refractivity (Wildman–Crippen MR) is 127 cm³/mol. The molecule has 0 aliphatic rings. The summed E-state index contributed by atoms with van der Waals surface area (Å²) in [7, 11) is 1.56. The zero-order valence-electron chi connectivity index (χ0n) is 16.9. The molecular formula is C20H20BrClN4O3S2. The third-order valence-electron chi connectivity index (χ3n) is 4.23. The third-order valence-corrected chi connectivity index (χ3v) is 7.11. The Bertz CT molecular complexity index is 1090. The molecule has 1 N–H and O–H groups in total. The van der Waals surface area contributed by atoms with Gasteiger partial charge in [0.25, 0.3) is 0 Å². The number of benzene rings is 1. The monoisotopic (exact) mass is 542 g/mol. The van der Waals surface area contributed by atoms with Crippen molar-refractivity contribution in [3.63, 3.8) is 0 Å². The lowest BCUT2D eigenvalue weighted by Crippen LogP contribution is -2.21. The molecule has 11 heteroatoms. The maximum Gasteiger partial charge on any atom is 0.216 e. The maximum atomic E-state index is 12.5. The Hall–Kier alpha value is -1.88. The minimum Gasteiger partial charge on any atom is -0.495 e. The molecule has 3 aromatic rings. The van der Waals surface area contributed by atoms with Crippen molar-refractivity contribution in [3.05, 3.63) is 49.8 Å². The van der Waals surface area contributed by atoms with E-state index in [0.29, 0.717) is 40.2 Å². The highest BCUT2D eigenvalue weighted by Gasteiger charge is 2.18. The fraction of sp³-hybridized carbons (Fsp3) is 0.300. The summed E-state index contributed by atoms with van der Waals surface area (Å²) >= 11 is 12.4. The number of Topliss-reactive ketones (excluding diaryl/α,β-unsaturated/α-hetero) is 1. The van der Waals surface area contributed by atoms with Crippen molar-refractivity contribution in [2.45, 2.75) is 24.9 Å². The number of aryl methyl sites for hydroxylation is 1. The van der Waals surface area contributed by atoms with Crippen molar-refractivity contribution in [3.8, 4) is 11.4 Å². The smallest absolute Gasteiger partial charge is 0.216 e. The summed E-state index contributed by atoms with van der Waals surface area (Å²) in [6.45, 7) is 2.03. The summed E-state index contributed by atoms with van der Waals surface area (Å²) in [6, 6.07) is 9.09. The van der Waals surface area contributed by atoms with Crippen LogP contribution in [0.1, 0.15) is 28.8 Å². The molecule has 0 fully saturated rings. The molecule has 3 rings (SSSR count). The highest BCUT2D eigenvalue weighted by atomic mass is 79.9. The molecule has 0 aliphatic heterocycles. The number of rotatable bonds is 10. The van der Waals surface area contributed by atoms with Crippen molar-refractivity contribution in [2.24, 2.45) is 0 Å². The molecule has 0 saturated heterocycles. The number of thiophene rings is 1. The Labute approximate surface area is 201 Å². The van der Waals surface area contributed by atoms with Crippen LogP contribution in [0, 0.1) is 0 Å². The number of hydrogen-bond donors (Lipinski definition) is 1. The molecule has 7 nitrogen and oxygen atoms in total. The van der Waals surface area contributed by atoms with E-state index >= 15 is 0 Å². The van der Waals surface area contributed by atoms with Crippen molar-refractivity contribution in [1.82, 2.24) is 20.1 Å². The van der Waals surface area contributed by atoms with Gasteiger partial charge in [-0.3, -0.25) is 14.2 Å². The van der Waals surface area contributed by atoms with E-state index in [1.54, 1.807) is 25.3 Å². The lowest BCUT2D eigenvalue weighted by Gasteiger charge is -2.12. The lowest BCUT2D eigenvalue weighted by atomic mass is 10.2. The molecule has 2 heterocycles. The first-order valence-corrected chi connectivity index (χ1v) is 12.3. The standard InChI is InChI=1S/C20H20BrClN4O3S2/c1-12(27)23-9-3-4-19-24-25-20(30-11-15(28)17-7-8-18(21)31-17)26(19)13-5-6-16(29-2)14(22)10-13/h5-8,10H,3-4,9,11H2,1-2H3,(H,23,27). The molecule has 0 spiro atoms. The zero-order valence-corrected chi connectivity index (χ0v) is 20.8. The van der Waals surface area contributed by atoms with Crippen LogP contribution in [0.15, 0.2) is 39.3 Å². The topological polar surface area (TPSA) is 86.1 Å². The van der Waals surface area contributed by atoms with E-state index in [-0.39, 0.29) is 17.4 Å². The first-order valence-electron chi connectivity index (χ1n) is 9.33. The zero-order chi connectivity index (χ0) is 22.4. The van der Waals surface area contributed by atoms with E-state index in [9.17, 15) is 9.59 Å². The average Bonchev–Trinajstić information content (AvgIpc) is 3.35. The fourth-order valence-electron chi connectivity index (χ4n) is 2.79. The number of thioether (sulfide) groups is 1. The van der Waals surface area contributed by atoms with Crippen LogP contribution in [-0.2, 0) is 11.2 Å². The number of carbonyl (C=O) groups excluding carboxylic acids is 2. The molecule has 0 atom stereocenters. The Morgan fingerprint density at radius 1 is 1.29 bits per heavy atom. The van der Waals surface area contributed by atoms with Crippen molar-refractivity contribution < 1.29 is 14.3 Å². The normalized spacial score (nSPS) is 10.8. The van der Waals surface area contributed by atoms with Gasteiger partial charge in [-0.25, -0.2) is 0 Å². The maximum absolute atomic E-state index is 12.5. The van der Waals surface area contributed by atoms with E-state index < -0.39 is 0 Å². The second kappa shape index (κ2) is 11.1. The van der Waals surface area contributed by atoms with Gasteiger partial charge >= 0.3 is 0 Å². The van der Waals surface area contributed by atoms with Gasteiger partial charge in [0.1, 0.15) is 11.6 Å². The molecule has 2 aromatic heterocycles. The minimum absolute atomic E-state index is 0.0234. The minimum atomic E-state index is -0.0710. The highest BCUT2D eigenvalue weighted by Crippen LogP contribution is 2.30. The molecule has 0 bridgehead atoms. The second-order valence-electron chi connectivity index (χ2n) is 6.46.